The van der Waals surface area contributed by atoms with E-state index in [1.54, 1.807) is 29.3 Å². The van der Waals surface area contributed by atoms with Gasteiger partial charge in [-0.25, -0.2) is 9.97 Å². The Hall–Kier alpha value is -2.32. The summed E-state index contributed by atoms with van der Waals surface area (Å²) in [5.41, 5.74) is 4.59. The van der Waals surface area contributed by atoms with E-state index < -0.39 is 0 Å². The molecule has 6 nitrogen and oxygen atoms in total. The van der Waals surface area contributed by atoms with Crippen LogP contribution < -0.4 is 10.2 Å². The van der Waals surface area contributed by atoms with Gasteiger partial charge in [-0.15, -0.1) is 0 Å². The first-order valence-electron chi connectivity index (χ1n) is 9.82. The number of amides is 1. The molecule has 158 valence electrons. The zero-order valence-electron chi connectivity index (χ0n) is 16.7. The Morgan fingerprint density at radius 3 is 2.74 bits per heavy atom. The largest absolute Gasteiger partial charge is 0.324 e. The number of rotatable bonds is 3. The van der Waals surface area contributed by atoms with Crippen molar-refractivity contribution in [1.29, 1.82) is 0 Å². The first-order valence-corrected chi connectivity index (χ1v) is 11.6. The summed E-state index contributed by atoms with van der Waals surface area (Å²) in [6.07, 6.45) is 2.58. The zero-order chi connectivity index (χ0) is 21.5. The Morgan fingerprint density at radius 1 is 1.13 bits per heavy atom. The van der Waals surface area contributed by atoms with E-state index in [1.165, 1.54) is 22.9 Å². The zero-order valence-corrected chi connectivity index (χ0v) is 19.1. The molecule has 9 heteroatoms. The number of para-hydroxylation sites is 1. The minimum absolute atomic E-state index is 0.215. The van der Waals surface area contributed by atoms with Crippen LogP contribution in [0.2, 0.25) is 10.0 Å². The maximum atomic E-state index is 13.1. The van der Waals surface area contributed by atoms with E-state index in [0.717, 1.165) is 25.2 Å². The van der Waals surface area contributed by atoms with Gasteiger partial charge in [-0.3, -0.25) is 9.69 Å². The molecule has 3 heterocycles. The van der Waals surface area contributed by atoms with Crippen LogP contribution in [0.4, 0.5) is 17.3 Å². The molecule has 0 bridgehead atoms. The number of likely N-dealkylation sites (N-methyl/N-ethyl adjacent to an activating group) is 1. The fourth-order valence-corrected chi connectivity index (χ4v) is 5.37. The van der Waals surface area contributed by atoms with E-state index in [9.17, 15) is 4.79 Å². The number of nitrogens with one attached hydrogen (secondary N) is 1. The van der Waals surface area contributed by atoms with E-state index in [1.807, 2.05) is 6.07 Å². The summed E-state index contributed by atoms with van der Waals surface area (Å²) in [5, 5.41) is 4.78. The molecule has 3 aromatic rings. The Morgan fingerprint density at radius 2 is 1.94 bits per heavy atom. The standard InChI is InChI=1S/C22H19Cl2N5OS/c1-28-8-7-13-9-15(6-5-14(13)11-28)26-22-25-10-16-20(27-22)31-12-29(21(16)30)19-17(23)3-2-4-18(19)24/h2-6,9-10H,7-8,11-12H2,1H3,(H,25,26,27). The highest BCUT2D eigenvalue weighted by Gasteiger charge is 2.30. The molecule has 2 aliphatic heterocycles. The highest BCUT2D eigenvalue weighted by atomic mass is 35.5. The lowest BCUT2D eigenvalue weighted by molar-refractivity contribution is 0.0985. The number of hydrogen-bond acceptors (Lipinski definition) is 6. The lowest BCUT2D eigenvalue weighted by Gasteiger charge is -2.28. The molecule has 0 saturated heterocycles. The van der Waals surface area contributed by atoms with Crippen LogP contribution >= 0.6 is 35.0 Å². The third-order valence-corrected chi connectivity index (χ3v) is 7.01. The first kappa shape index (κ1) is 20.6. The maximum absolute atomic E-state index is 13.1. The van der Waals surface area contributed by atoms with Gasteiger partial charge in [0.1, 0.15) is 5.03 Å². The molecule has 0 radical (unpaired) electrons. The van der Waals surface area contributed by atoms with Crippen LogP contribution in [0.1, 0.15) is 21.5 Å². The molecule has 0 fully saturated rings. The molecule has 1 aromatic heterocycles. The first-order chi connectivity index (χ1) is 15.0. The number of benzene rings is 2. The number of thioether (sulfide) groups is 1. The predicted molar refractivity (Wildman–Crippen MR) is 126 cm³/mol. The van der Waals surface area contributed by atoms with E-state index in [0.29, 0.717) is 38.1 Å². The molecule has 0 spiro atoms. The third-order valence-electron chi connectivity index (χ3n) is 5.43. The molecule has 0 aliphatic carbocycles. The van der Waals surface area contributed by atoms with Crippen LogP contribution in [0, 0.1) is 0 Å². The van der Waals surface area contributed by atoms with Crippen LogP contribution in [-0.4, -0.2) is 40.2 Å². The van der Waals surface area contributed by atoms with Gasteiger partial charge in [0.05, 0.1) is 27.2 Å². The number of carbonyl (C=O) groups excluding carboxylic acids is 1. The van der Waals surface area contributed by atoms with Gasteiger partial charge in [-0.05, 0) is 48.9 Å². The summed E-state index contributed by atoms with van der Waals surface area (Å²) < 4.78 is 0. The van der Waals surface area contributed by atoms with E-state index in [2.05, 4.69) is 39.4 Å². The average Bonchev–Trinajstić information content (AvgIpc) is 2.75. The summed E-state index contributed by atoms with van der Waals surface area (Å²) in [4.78, 5) is 25.9. The van der Waals surface area contributed by atoms with Crippen molar-refractivity contribution in [3.63, 3.8) is 0 Å². The molecule has 0 saturated carbocycles. The SMILES string of the molecule is CN1CCc2cc(Nc3ncc4c(n3)SCN(c3c(Cl)cccc3Cl)C4=O)ccc2C1. The number of carbonyl (C=O) groups is 1. The number of halogens is 2. The smallest absolute Gasteiger partial charge is 0.263 e. The normalized spacial score (nSPS) is 16.1. The summed E-state index contributed by atoms with van der Waals surface area (Å²) in [5.74, 6) is 0.627. The Bertz CT molecular complexity index is 1170. The van der Waals surface area contributed by atoms with Crippen LogP contribution in [0.15, 0.2) is 47.6 Å². The van der Waals surface area contributed by atoms with Gasteiger partial charge in [-0.2, -0.15) is 0 Å². The van der Waals surface area contributed by atoms with Crippen LogP contribution in [-0.2, 0) is 13.0 Å². The second-order valence-corrected chi connectivity index (χ2v) is 9.33. The summed E-state index contributed by atoms with van der Waals surface area (Å²) in [6, 6.07) is 11.5. The van der Waals surface area contributed by atoms with Crippen molar-refractivity contribution >= 4 is 58.2 Å². The second kappa shape index (κ2) is 8.31. The fourth-order valence-electron chi connectivity index (χ4n) is 3.83. The Balaban J connectivity index is 1.38. The minimum Gasteiger partial charge on any atom is -0.324 e. The molecule has 5 rings (SSSR count). The van der Waals surface area contributed by atoms with E-state index >= 15 is 0 Å². The van der Waals surface area contributed by atoms with Gasteiger partial charge in [0.2, 0.25) is 5.95 Å². The molecule has 0 atom stereocenters. The van der Waals surface area contributed by atoms with Crippen LogP contribution in [0.25, 0.3) is 0 Å². The monoisotopic (exact) mass is 471 g/mol. The predicted octanol–water partition coefficient (Wildman–Crippen LogP) is 5.22. The molecule has 2 aliphatic rings. The van der Waals surface area contributed by atoms with Gasteiger partial charge in [0.25, 0.3) is 5.91 Å². The molecule has 31 heavy (non-hydrogen) atoms. The average molecular weight is 472 g/mol. The topological polar surface area (TPSA) is 61.4 Å². The quantitative estimate of drug-likeness (QED) is 0.528. The lowest BCUT2D eigenvalue weighted by Crippen LogP contribution is -2.35. The summed E-state index contributed by atoms with van der Waals surface area (Å²) in [7, 11) is 2.13. The molecule has 0 unspecified atom stereocenters. The highest BCUT2D eigenvalue weighted by molar-refractivity contribution is 7.99. The van der Waals surface area contributed by atoms with Gasteiger partial charge in [-0.1, -0.05) is 47.1 Å². The van der Waals surface area contributed by atoms with Crippen molar-refractivity contribution in [2.75, 3.05) is 29.7 Å². The number of anilines is 3. The van der Waals surface area contributed by atoms with E-state index in [4.69, 9.17) is 23.2 Å². The van der Waals surface area contributed by atoms with Crippen molar-refractivity contribution in [3.8, 4) is 0 Å². The van der Waals surface area contributed by atoms with Crippen molar-refractivity contribution < 1.29 is 4.79 Å². The van der Waals surface area contributed by atoms with E-state index in [-0.39, 0.29) is 5.91 Å². The number of hydrogen-bond donors (Lipinski definition) is 1. The van der Waals surface area contributed by atoms with Gasteiger partial charge >= 0.3 is 0 Å². The number of nitrogens with zero attached hydrogens (tertiary/aromatic N) is 4. The molecular formula is C22H19Cl2N5OS. The van der Waals surface area contributed by atoms with Gasteiger partial charge in [0, 0.05) is 25.0 Å². The second-order valence-electron chi connectivity index (χ2n) is 7.59. The van der Waals surface area contributed by atoms with Crippen LogP contribution in [0.5, 0.6) is 0 Å². The molecule has 1 amide bonds. The lowest BCUT2D eigenvalue weighted by atomic mass is 9.99. The number of aromatic nitrogens is 2. The molecular weight excluding hydrogens is 453 g/mol. The fraction of sp³-hybridized carbons (Fsp3) is 0.227. The number of fused-ring (bicyclic) bond motifs is 2. The van der Waals surface area contributed by atoms with Crippen molar-refractivity contribution in [3.05, 3.63) is 69.3 Å². The maximum Gasteiger partial charge on any atom is 0.263 e. The highest BCUT2D eigenvalue weighted by Crippen LogP contribution is 2.39. The van der Waals surface area contributed by atoms with Gasteiger partial charge in [0.15, 0.2) is 0 Å². The molecule has 2 aromatic carbocycles. The Labute approximate surface area is 194 Å². The van der Waals surface area contributed by atoms with Crippen molar-refractivity contribution in [1.82, 2.24) is 14.9 Å². The summed E-state index contributed by atoms with van der Waals surface area (Å²) >= 11 is 14.0. The van der Waals surface area contributed by atoms with Crippen molar-refractivity contribution in [2.24, 2.45) is 0 Å². The van der Waals surface area contributed by atoms with Crippen molar-refractivity contribution in [2.45, 2.75) is 18.0 Å². The minimum atomic E-state index is -0.215. The third kappa shape index (κ3) is 3.99. The van der Waals surface area contributed by atoms with Gasteiger partial charge < -0.3 is 10.2 Å². The summed E-state index contributed by atoms with van der Waals surface area (Å²) in [6.45, 7) is 2.02. The van der Waals surface area contributed by atoms with Crippen LogP contribution in [0.3, 0.4) is 0 Å². The molecule has 1 N–H and O–H groups in total. The Kier molecular flexibility index (Phi) is 5.52.